The zero-order chi connectivity index (χ0) is 19.3. The van der Waals surface area contributed by atoms with Crippen LogP contribution in [-0.2, 0) is 0 Å². The Morgan fingerprint density at radius 3 is 2.86 bits per heavy atom. The summed E-state index contributed by atoms with van der Waals surface area (Å²) in [5, 5.41) is 0. The van der Waals surface area contributed by atoms with Crippen molar-refractivity contribution >= 4 is 5.91 Å². The van der Waals surface area contributed by atoms with Crippen molar-refractivity contribution in [3.05, 3.63) is 76.9 Å². The lowest BCUT2D eigenvalue weighted by Crippen LogP contribution is -2.39. The van der Waals surface area contributed by atoms with E-state index in [0.717, 1.165) is 18.5 Å². The largest absolute Gasteiger partial charge is 0.436 e. The smallest absolute Gasteiger partial charge is 0.255 e. The van der Waals surface area contributed by atoms with Crippen molar-refractivity contribution < 1.29 is 9.53 Å². The number of hydrogen-bond acceptors (Lipinski definition) is 6. The van der Waals surface area contributed by atoms with Gasteiger partial charge < -0.3 is 14.6 Å². The molecule has 0 spiro atoms. The van der Waals surface area contributed by atoms with E-state index in [0.29, 0.717) is 30.3 Å². The monoisotopic (exact) mass is 377 g/mol. The van der Waals surface area contributed by atoms with Gasteiger partial charge in [0.25, 0.3) is 5.91 Å². The van der Waals surface area contributed by atoms with Gasteiger partial charge in [-0.1, -0.05) is 0 Å². The van der Waals surface area contributed by atoms with Crippen LogP contribution in [0.2, 0.25) is 0 Å². The Labute approximate surface area is 161 Å². The normalized spacial score (nSPS) is 16.6. The molecule has 8 heteroatoms. The number of carbonyl (C=O) groups excluding carboxylic acids is 1. The fourth-order valence-electron chi connectivity index (χ4n) is 3.32. The fourth-order valence-corrected chi connectivity index (χ4v) is 3.32. The van der Waals surface area contributed by atoms with Crippen molar-refractivity contribution in [2.45, 2.75) is 18.8 Å². The van der Waals surface area contributed by atoms with E-state index in [1.807, 2.05) is 0 Å². The Morgan fingerprint density at radius 1 is 1.18 bits per heavy atom. The summed E-state index contributed by atoms with van der Waals surface area (Å²) in [6, 6.07) is 6.50. The molecule has 0 aromatic carbocycles. The average molecular weight is 377 g/mol. The van der Waals surface area contributed by atoms with E-state index in [4.69, 9.17) is 4.74 Å². The molecular formula is C20H19N5O3. The number of ether oxygens (including phenoxy) is 1. The van der Waals surface area contributed by atoms with Crippen LogP contribution in [0.1, 0.15) is 34.8 Å². The van der Waals surface area contributed by atoms with Crippen LogP contribution in [0.5, 0.6) is 11.6 Å². The first-order valence-corrected chi connectivity index (χ1v) is 9.07. The van der Waals surface area contributed by atoms with Gasteiger partial charge in [0.1, 0.15) is 11.4 Å². The third-order valence-electron chi connectivity index (χ3n) is 4.67. The van der Waals surface area contributed by atoms with Crippen LogP contribution >= 0.6 is 0 Å². The fraction of sp³-hybridized carbons (Fsp3) is 0.250. The minimum Gasteiger partial charge on any atom is -0.436 e. The molecule has 1 aliphatic heterocycles. The van der Waals surface area contributed by atoms with Gasteiger partial charge in [-0.05, 0) is 31.0 Å². The van der Waals surface area contributed by atoms with Gasteiger partial charge in [0.2, 0.25) is 11.4 Å². The van der Waals surface area contributed by atoms with Crippen molar-refractivity contribution in [2.24, 2.45) is 0 Å². The number of aromatic amines is 1. The molecule has 8 nitrogen and oxygen atoms in total. The first-order valence-electron chi connectivity index (χ1n) is 9.07. The highest BCUT2D eigenvalue weighted by molar-refractivity contribution is 5.94. The van der Waals surface area contributed by atoms with Crippen LogP contribution in [0.4, 0.5) is 0 Å². The highest BCUT2D eigenvalue weighted by Gasteiger charge is 2.29. The maximum Gasteiger partial charge on any atom is 0.255 e. The van der Waals surface area contributed by atoms with Crippen molar-refractivity contribution in [3.63, 3.8) is 0 Å². The molecule has 4 rings (SSSR count). The van der Waals surface area contributed by atoms with Gasteiger partial charge in [-0.15, -0.1) is 0 Å². The molecule has 3 aromatic heterocycles. The highest BCUT2D eigenvalue weighted by Crippen LogP contribution is 2.32. The van der Waals surface area contributed by atoms with E-state index in [9.17, 15) is 9.59 Å². The van der Waals surface area contributed by atoms with Crippen LogP contribution in [0, 0.1) is 0 Å². The highest BCUT2D eigenvalue weighted by atomic mass is 16.5. The Kier molecular flexibility index (Phi) is 5.09. The second-order valence-corrected chi connectivity index (χ2v) is 6.57. The molecule has 1 unspecified atom stereocenters. The van der Waals surface area contributed by atoms with Gasteiger partial charge >= 0.3 is 0 Å². The molecular weight excluding hydrogens is 358 g/mol. The SMILES string of the molecule is O=C(c1ccc(=O)[nH]c1)N1CCCC(c2nccnc2Oc2cccnc2)C1. The van der Waals surface area contributed by atoms with Crippen molar-refractivity contribution in [3.8, 4) is 11.6 Å². The first-order chi connectivity index (χ1) is 13.7. The number of H-pyrrole nitrogens is 1. The van der Waals surface area contributed by atoms with Crippen molar-refractivity contribution in [2.75, 3.05) is 13.1 Å². The van der Waals surface area contributed by atoms with E-state index in [-0.39, 0.29) is 17.4 Å². The second-order valence-electron chi connectivity index (χ2n) is 6.57. The van der Waals surface area contributed by atoms with Crippen molar-refractivity contribution in [1.82, 2.24) is 24.8 Å². The van der Waals surface area contributed by atoms with Gasteiger partial charge in [-0.3, -0.25) is 19.6 Å². The lowest BCUT2D eigenvalue weighted by atomic mass is 9.94. The molecule has 142 valence electrons. The van der Waals surface area contributed by atoms with Crippen molar-refractivity contribution in [1.29, 1.82) is 0 Å². The molecule has 1 fully saturated rings. The van der Waals surface area contributed by atoms with Crippen LogP contribution < -0.4 is 10.3 Å². The second kappa shape index (κ2) is 7.99. The number of hydrogen-bond donors (Lipinski definition) is 1. The summed E-state index contributed by atoms with van der Waals surface area (Å²) in [6.45, 7) is 1.17. The maximum absolute atomic E-state index is 12.8. The number of nitrogens with zero attached hydrogens (tertiary/aromatic N) is 4. The summed E-state index contributed by atoms with van der Waals surface area (Å²) < 4.78 is 5.88. The Bertz CT molecular complexity index is 1000. The molecule has 1 aliphatic rings. The number of piperidine rings is 1. The van der Waals surface area contributed by atoms with Gasteiger partial charge in [0, 0.05) is 49.9 Å². The van der Waals surface area contributed by atoms with Gasteiger partial charge in [-0.2, -0.15) is 0 Å². The number of rotatable bonds is 4. The Balaban J connectivity index is 1.54. The summed E-state index contributed by atoms with van der Waals surface area (Å²) in [6.07, 6.45) is 9.69. The number of pyridine rings is 2. The summed E-state index contributed by atoms with van der Waals surface area (Å²) in [5.74, 6) is 0.917. The molecule has 0 radical (unpaired) electrons. The predicted molar refractivity (Wildman–Crippen MR) is 101 cm³/mol. The Hall–Kier alpha value is -3.55. The standard InChI is InChI=1S/C20H19N5O3/c26-17-6-5-14(11-24-17)20(27)25-10-2-3-15(13-25)18-19(23-9-8-22-18)28-16-4-1-7-21-12-16/h1,4-9,11-12,15H,2-3,10,13H2,(H,24,26). The minimum atomic E-state index is -0.232. The summed E-state index contributed by atoms with van der Waals surface area (Å²) in [4.78, 5) is 41.2. The summed E-state index contributed by atoms with van der Waals surface area (Å²) >= 11 is 0. The number of nitrogens with one attached hydrogen (secondary N) is 1. The third kappa shape index (κ3) is 3.90. The molecule has 3 aromatic rings. The summed E-state index contributed by atoms with van der Waals surface area (Å²) in [7, 11) is 0. The molecule has 1 saturated heterocycles. The quantitative estimate of drug-likeness (QED) is 0.749. The zero-order valence-corrected chi connectivity index (χ0v) is 15.1. The number of carbonyl (C=O) groups is 1. The van der Waals surface area contributed by atoms with Gasteiger partial charge in [0.15, 0.2) is 0 Å². The Morgan fingerprint density at radius 2 is 2.07 bits per heavy atom. The molecule has 1 N–H and O–H groups in total. The maximum atomic E-state index is 12.8. The topological polar surface area (TPSA) is 101 Å². The van der Waals surface area contributed by atoms with Crippen LogP contribution in [0.15, 0.2) is 60.0 Å². The average Bonchev–Trinajstić information content (AvgIpc) is 2.75. The first kappa shape index (κ1) is 17.8. The molecule has 0 bridgehead atoms. The van der Waals surface area contributed by atoms with E-state index in [1.54, 1.807) is 47.9 Å². The third-order valence-corrected chi connectivity index (χ3v) is 4.67. The molecule has 0 aliphatic carbocycles. The van der Waals surface area contributed by atoms with Crippen LogP contribution in [-0.4, -0.2) is 43.8 Å². The minimum absolute atomic E-state index is 0.0147. The van der Waals surface area contributed by atoms with Crippen LogP contribution in [0.25, 0.3) is 0 Å². The molecule has 1 atom stereocenters. The molecule has 1 amide bonds. The molecule has 4 heterocycles. The van der Waals surface area contributed by atoms with Crippen LogP contribution in [0.3, 0.4) is 0 Å². The number of likely N-dealkylation sites (tertiary alicyclic amines) is 1. The molecule has 28 heavy (non-hydrogen) atoms. The van der Waals surface area contributed by atoms with Gasteiger partial charge in [-0.25, -0.2) is 4.98 Å². The number of aromatic nitrogens is 4. The lowest BCUT2D eigenvalue weighted by molar-refractivity contribution is 0.0704. The lowest BCUT2D eigenvalue weighted by Gasteiger charge is -2.32. The summed E-state index contributed by atoms with van der Waals surface area (Å²) in [5.41, 5.74) is 0.960. The van der Waals surface area contributed by atoms with E-state index in [1.165, 1.54) is 12.3 Å². The van der Waals surface area contributed by atoms with E-state index >= 15 is 0 Å². The predicted octanol–water partition coefficient (Wildman–Crippen LogP) is 2.37. The van der Waals surface area contributed by atoms with E-state index in [2.05, 4.69) is 19.9 Å². The number of amides is 1. The van der Waals surface area contributed by atoms with E-state index < -0.39 is 0 Å². The zero-order valence-electron chi connectivity index (χ0n) is 15.1. The molecule has 0 saturated carbocycles. The van der Waals surface area contributed by atoms with Gasteiger partial charge in [0.05, 0.1) is 11.8 Å².